The summed E-state index contributed by atoms with van der Waals surface area (Å²) in [5.41, 5.74) is 6.42. The second-order valence-corrected chi connectivity index (χ2v) is 4.68. The van der Waals surface area contributed by atoms with Crippen LogP contribution in [0.2, 0.25) is 0 Å². The third kappa shape index (κ3) is 3.84. The number of hydrogen-bond donors (Lipinski definition) is 1. The van der Waals surface area contributed by atoms with Gasteiger partial charge in [-0.2, -0.15) is 8.78 Å². The Morgan fingerprint density at radius 2 is 2.00 bits per heavy atom. The molecule has 0 aromatic heterocycles. The molecule has 7 heteroatoms. The number of nitrogens with two attached hydrogens (primary N) is 1. The maximum absolute atomic E-state index is 12.6. The highest BCUT2D eigenvalue weighted by molar-refractivity contribution is 9.10. The molecule has 0 saturated carbocycles. The number of ether oxygens (including phenoxy) is 1. The van der Waals surface area contributed by atoms with Crippen molar-refractivity contribution in [3.05, 3.63) is 28.2 Å². The van der Waals surface area contributed by atoms with E-state index in [1.54, 1.807) is 13.0 Å². The van der Waals surface area contributed by atoms with Gasteiger partial charge in [-0.3, -0.25) is 0 Å². The highest BCUT2D eigenvalue weighted by Gasteiger charge is 2.41. The molecule has 102 valence electrons. The Labute approximate surface area is 110 Å². The van der Waals surface area contributed by atoms with Gasteiger partial charge in [-0.25, -0.2) is 8.78 Å². The Kier molecular flexibility index (Phi) is 4.98. The van der Waals surface area contributed by atoms with Crippen LogP contribution in [0.3, 0.4) is 0 Å². The monoisotopic (exact) mass is 329 g/mol. The predicted octanol–water partition coefficient (Wildman–Crippen LogP) is 3.75. The van der Waals surface area contributed by atoms with Crippen LogP contribution in [0, 0.1) is 0 Å². The van der Waals surface area contributed by atoms with E-state index in [2.05, 4.69) is 20.7 Å². The van der Waals surface area contributed by atoms with Crippen LogP contribution < -0.4 is 10.5 Å². The number of alkyl halides is 4. The van der Waals surface area contributed by atoms with E-state index in [9.17, 15) is 17.6 Å². The SMILES string of the molecule is C[C@@H](N)c1ccc(OCC(F)(F)C(F)F)cc1Br. The first-order valence-electron chi connectivity index (χ1n) is 5.08. The lowest BCUT2D eigenvalue weighted by molar-refractivity contribution is -0.148. The van der Waals surface area contributed by atoms with Crippen LogP contribution >= 0.6 is 15.9 Å². The quantitative estimate of drug-likeness (QED) is 0.835. The van der Waals surface area contributed by atoms with Crippen molar-refractivity contribution in [2.24, 2.45) is 5.73 Å². The van der Waals surface area contributed by atoms with Gasteiger partial charge in [0.1, 0.15) is 5.75 Å². The van der Waals surface area contributed by atoms with Crippen molar-refractivity contribution < 1.29 is 22.3 Å². The van der Waals surface area contributed by atoms with Gasteiger partial charge in [0.05, 0.1) is 0 Å². The first-order chi connectivity index (χ1) is 8.24. The summed E-state index contributed by atoms with van der Waals surface area (Å²) in [6.07, 6.45) is -3.75. The molecule has 0 spiro atoms. The third-order valence-electron chi connectivity index (χ3n) is 2.21. The van der Waals surface area contributed by atoms with Gasteiger partial charge in [0.15, 0.2) is 6.61 Å². The smallest absolute Gasteiger partial charge is 0.340 e. The van der Waals surface area contributed by atoms with E-state index in [0.29, 0.717) is 4.47 Å². The van der Waals surface area contributed by atoms with E-state index in [1.165, 1.54) is 12.1 Å². The molecule has 1 aromatic carbocycles. The van der Waals surface area contributed by atoms with Gasteiger partial charge in [0.2, 0.25) is 0 Å². The van der Waals surface area contributed by atoms with E-state index in [-0.39, 0.29) is 11.8 Å². The Bertz CT molecular complexity index is 412. The van der Waals surface area contributed by atoms with Crippen molar-refractivity contribution in [1.29, 1.82) is 0 Å². The van der Waals surface area contributed by atoms with Crippen molar-refractivity contribution in [1.82, 2.24) is 0 Å². The molecular weight excluding hydrogens is 318 g/mol. The van der Waals surface area contributed by atoms with Crippen molar-refractivity contribution in [3.8, 4) is 5.75 Å². The zero-order valence-corrected chi connectivity index (χ0v) is 11.1. The summed E-state index contributed by atoms with van der Waals surface area (Å²) in [5.74, 6) is -4.08. The molecule has 0 unspecified atom stereocenters. The highest BCUT2D eigenvalue weighted by atomic mass is 79.9. The minimum atomic E-state index is -4.16. The second-order valence-electron chi connectivity index (χ2n) is 3.82. The molecule has 1 rings (SSSR count). The lowest BCUT2D eigenvalue weighted by atomic mass is 10.1. The molecule has 0 radical (unpaired) electrons. The van der Waals surface area contributed by atoms with Crippen molar-refractivity contribution in [2.45, 2.75) is 25.3 Å². The lowest BCUT2D eigenvalue weighted by Crippen LogP contribution is -2.33. The molecule has 0 heterocycles. The molecule has 18 heavy (non-hydrogen) atoms. The average molecular weight is 330 g/mol. The molecule has 1 atom stereocenters. The fraction of sp³-hybridized carbons (Fsp3) is 0.455. The Hall–Kier alpha value is -0.820. The highest BCUT2D eigenvalue weighted by Crippen LogP contribution is 2.29. The summed E-state index contributed by atoms with van der Waals surface area (Å²) in [5, 5.41) is 0. The average Bonchev–Trinajstić information content (AvgIpc) is 2.25. The van der Waals surface area contributed by atoms with E-state index in [4.69, 9.17) is 5.73 Å². The topological polar surface area (TPSA) is 35.2 Å². The number of rotatable bonds is 5. The van der Waals surface area contributed by atoms with Crippen LogP contribution in [0.25, 0.3) is 0 Å². The molecule has 0 fully saturated rings. The standard InChI is InChI=1S/C11H12BrF4NO/c1-6(17)8-3-2-7(4-9(8)12)18-5-11(15,16)10(13)14/h2-4,6,10H,5,17H2,1H3/t6-/m1/s1. The summed E-state index contributed by atoms with van der Waals surface area (Å²) in [6.45, 7) is 0.389. The molecule has 0 saturated heterocycles. The van der Waals surface area contributed by atoms with Crippen LogP contribution in [0.15, 0.2) is 22.7 Å². The minimum absolute atomic E-state index is 0.0756. The van der Waals surface area contributed by atoms with E-state index in [0.717, 1.165) is 5.56 Å². The van der Waals surface area contributed by atoms with E-state index in [1.807, 2.05) is 0 Å². The lowest BCUT2D eigenvalue weighted by Gasteiger charge is -2.17. The van der Waals surface area contributed by atoms with Crippen molar-refractivity contribution in [3.63, 3.8) is 0 Å². The molecule has 0 amide bonds. The zero-order chi connectivity index (χ0) is 13.9. The number of hydrogen-bond acceptors (Lipinski definition) is 2. The summed E-state index contributed by atoms with van der Waals surface area (Å²) in [6, 6.07) is 4.17. The summed E-state index contributed by atoms with van der Waals surface area (Å²) in [7, 11) is 0. The van der Waals surface area contributed by atoms with Gasteiger partial charge in [-0.1, -0.05) is 22.0 Å². The summed E-state index contributed by atoms with van der Waals surface area (Å²) < 4.78 is 54.3. The van der Waals surface area contributed by atoms with Crippen LogP contribution in [-0.4, -0.2) is 19.0 Å². The van der Waals surface area contributed by atoms with Crippen LogP contribution in [-0.2, 0) is 0 Å². The second kappa shape index (κ2) is 5.88. The molecule has 1 aromatic rings. The summed E-state index contributed by atoms with van der Waals surface area (Å²) >= 11 is 3.20. The zero-order valence-electron chi connectivity index (χ0n) is 9.47. The van der Waals surface area contributed by atoms with Crippen LogP contribution in [0.1, 0.15) is 18.5 Å². The number of halogens is 5. The van der Waals surface area contributed by atoms with Gasteiger partial charge in [0.25, 0.3) is 0 Å². The van der Waals surface area contributed by atoms with Crippen LogP contribution in [0.4, 0.5) is 17.6 Å². The van der Waals surface area contributed by atoms with Gasteiger partial charge >= 0.3 is 12.3 Å². The number of benzene rings is 1. The van der Waals surface area contributed by atoms with Gasteiger partial charge in [-0.15, -0.1) is 0 Å². The van der Waals surface area contributed by atoms with Crippen molar-refractivity contribution >= 4 is 15.9 Å². The van der Waals surface area contributed by atoms with Gasteiger partial charge in [-0.05, 0) is 24.6 Å². The van der Waals surface area contributed by atoms with Crippen LogP contribution in [0.5, 0.6) is 5.75 Å². The predicted molar refractivity (Wildman–Crippen MR) is 63.2 cm³/mol. The molecule has 0 aliphatic heterocycles. The maximum atomic E-state index is 12.6. The fourth-order valence-electron chi connectivity index (χ4n) is 1.21. The first-order valence-corrected chi connectivity index (χ1v) is 5.87. The minimum Gasteiger partial charge on any atom is -0.487 e. The Balaban J connectivity index is 2.73. The fourth-order valence-corrected chi connectivity index (χ4v) is 1.93. The molecule has 0 bridgehead atoms. The normalized spacial score (nSPS) is 13.8. The Morgan fingerprint density at radius 1 is 1.39 bits per heavy atom. The molecule has 0 aliphatic rings. The molecule has 2 nitrogen and oxygen atoms in total. The maximum Gasteiger partial charge on any atom is 0.340 e. The third-order valence-corrected chi connectivity index (χ3v) is 2.90. The van der Waals surface area contributed by atoms with E-state index >= 15 is 0 Å². The van der Waals surface area contributed by atoms with Crippen molar-refractivity contribution in [2.75, 3.05) is 6.61 Å². The van der Waals surface area contributed by atoms with E-state index < -0.39 is 19.0 Å². The Morgan fingerprint density at radius 3 is 2.44 bits per heavy atom. The molecule has 2 N–H and O–H groups in total. The molecular formula is C11H12BrF4NO. The van der Waals surface area contributed by atoms with Gasteiger partial charge < -0.3 is 10.5 Å². The summed E-state index contributed by atoms with van der Waals surface area (Å²) in [4.78, 5) is 0. The largest absolute Gasteiger partial charge is 0.487 e. The van der Waals surface area contributed by atoms with Gasteiger partial charge in [0, 0.05) is 10.5 Å². The molecule has 0 aliphatic carbocycles. The first kappa shape index (κ1) is 15.2.